The van der Waals surface area contributed by atoms with Crippen LogP contribution < -0.4 is 5.73 Å². The number of aromatic nitrogens is 2. The number of hydrogen-bond donors (Lipinski definition) is 1. The second-order valence-corrected chi connectivity index (χ2v) is 5.48. The molecule has 3 nitrogen and oxygen atoms in total. The summed E-state index contributed by atoms with van der Waals surface area (Å²) in [6.45, 7) is 1.96. The summed E-state index contributed by atoms with van der Waals surface area (Å²) in [6, 6.07) is 5.33. The molecule has 0 amide bonds. The van der Waals surface area contributed by atoms with Gasteiger partial charge in [-0.25, -0.2) is 9.37 Å². The summed E-state index contributed by atoms with van der Waals surface area (Å²) in [5.41, 5.74) is 7.73. The summed E-state index contributed by atoms with van der Waals surface area (Å²) in [5, 5.41) is 0. The van der Waals surface area contributed by atoms with E-state index in [0.717, 1.165) is 29.9 Å². The van der Waals surface area contributed by atoms with Crippen LogP contribution in [0.5, 0.6) is 0 Å². The van der Waals surface area contributed by atoms with Gasteiger partial charge in [-0.3, -0.25) is 0 Å². The van der Waals surface area contributed by atoms with Crippen molar-refractivity contribution in [3.8, 4) is 11.3 Å². The number of benzene rings is 1. The molecule has 1 aromatic carbocycles. The van der Waals surface area contributed by atoms with Crippen molar-refractivity contribution in [2.24, 2.45) is 0 Å². The van der Waals surface area contributed by atoms with Crippen LogP contribution in [0.3, 0.4) is 0 Å². The van der Waals surface area contributed by atoms with Crippen molar-refractivity contribution in [1.82, 2.24) is 9.55 Å². The first kappa shape index (κ1) is 11.7. The number of hydrogen-bond acceptors (Lipinski definition) is 2. The number of rotatable bonds is 2. The first-order valence-electron chi connectivity index (χ1n) is 5.87. The van der Waals surface area contributed by atoms with Crippen molar-refractivity contribution in [1.29, 1.82) is 0 Å². The number of aryl methyl sites for hydroxylation is 1. The normalized spacial score (nSPS) is 15.1. The van der Waals surface area contributed by atoms with E-state index in [4.69, 9.17) is 5.73 Å². The first-order chi connectivity index (χ1) is 8.58. The fourth-order valence-corrected chi connectivity index (χ4v) is 2.59. The Bertz CT molecular complexity index is 617. The Morgan fingerprint density at radius 1 is 1.44 bits per heavy atom. The van der Waals surface area contributed by atoms with Crippen LogP contribution in [0, 0.1) is 12.7 Å². The van der Waals surface area contributed by atoms with Gasteiger partial charge in [0.15, 0.2) is 0 Å². The van der Waals surface area contributed by atoms with Crippen LogP contribution in [0.1, 0.15) is 24.7 Å². The highest BCUT2D eigenvalue weighted by Crippen LogP contribution is 2.40. The van der Waals surface area contributed by atoms with E-state index in [1.807, 2.05) is 6.92 Å². The number of nitrogens with zero attached hydrogens (tertiary/aromatic N) is 2. The molecule has 3 rings (SSSR count). The molecule has 94 valence electrons. The topological polar surface area (TPSA) is 43.8 Å². The minimum Gasteiger partial charge on any atom is -0.383 e. The summed E-state index contributed by atoms with van der Waals surface area (Å²) in [7, 11) is 0. The number of nitrogens with two attached hydrogens (primary N) is 1. The number of nitrogen functional groups attached to an aromatic ring is 1. The van der Waals surface area contributed by atoms with Crippen molar-refractivity contribution < 1.29 is 4.39 Å². The molecule has 2 aromatic rings. The van der Waals surface area contributed by atoms with Crippen LogP contribution in [0.2, 0.25) is 0 Å². The smallest absolute Gasteiger partial charge is 0.137 e. The molecule has 5 heteroatoms. The maximum atomic E-state index is 13.2. The maximum absolute atomic E-state index is 13.2. The fraction of sp³-hybridized carbons (Fsp3) is 0.308. The van der Waals surface area contributed by atoms with Crippen molar-refractivity contribution in [2.75, 3.05) is 5.73 Å². The summed E-state index contributed by atoms with van der Waals surface area (Å²) < 4.78 is 15.7. The van der Waals surface area contributed by atoms with Gasteiger partial charge in [0.25, 0.3) is 0 Å². The molecule has 18 heavy (non-hydrogen) atoms. The van der Waals surface area contributed by atoms with Crippen molar-refractivity contribution >= 4 is 21.7 Å². The monoisotopic (exact) mass is 309 g/mol. The Morgan fingerprint density at radius 2 is 2.17 bits per heavy atom. The number of halogens is 2. The molecule has 0 aliphatic heterocycles. The van der Waals surface area contributed by atoms with Crippen molar-refractivity contribution in [3.05, 3.63) is 34.3 Å². The van der Waals surface area contributed by atoms with E-state index in [2.05, 4.69) is 25.5 Å². The molecule has 1 aliphatic carbocycles. The van der Waals surface area contributed by atoms with Crippen molar-refractivity contribution in [2.45, 2.75) is 25.8 Å². The van der Waals surface area contributed by atoms with E-state index in [1.54, 1.807) is 12.1 Å². The van der Waals surface area contributed by atoms with Gasteiger partial charge in [0.1, 0.15) is 23.2 Å². The SMILES string of the molecule is Cc1nc(-c2ccc(F)c(Br)c2)c(N)n1C1CC1. The molecule has 0 radical (unpaired) electrons. The van der Waals surface area contributed by atoms with Gasteiger partial charge in [-0.05, 0) is 53.9 Å². The molecule has 0 unspecified atom stereocenters. The molecular weight excluding hydrogens is 297 g/mol. The molecule has 1 aromatic heterocycles. The lowest BCUT2D eigenvalue weighted by atomic mass is 10.1. The van der Waals surface area contributed by atoms with Crippen LogP contribution in [-0.4, -0.2) is 9.55 Å². The third-order valence-electron chi connectivity index (χ3n) is 3.23. The fourth-order valence-electron chi connectivity index (χ4n) is 2.21. The van der Waals surface area contributed by atoms with Gasteiger partial charge in [-0.15, -0.1) is 0 Å². The molecule has 1 saturated carbocycles. The average Bonchev–Trinajstić information content (AvgIpc) is 3.10. The summed E-state index contributed by atoms with van der Waals surface area (Å²) >= 11 is 3.18. The third kappa shape index (κ3) is 1.82. The van der Waals surface area contributed by atoms with Gasteiger partial charge in [0.2, 0.25) is 0 Å². The van der Waals surface area contributed by atoms with Crippen LogP contribution in [0.25, 0.3) is 11.3 Å². The van der Waals surface area contributed by atoms with E-state index in [9.17, 15) is 4.39 Å². The van der Waals surface area contributed by atoms with Gasteiger partial charge in [-0.2, -0.15) is 0 Å². The predicted octanol–water partition coefficient (Wildman–Crippen LogP) is 3.68. The second-order valence-electron chi connectivity index (χ2n) is 4.62. The Balaban J connectivity index is 2.11. The minimum absolute atomic E-state index is 0.282. The summed E-state index contributed by atoms with van der Waals surface area (Å²) in [5.74, 6) is 1.31. The molecule has 0 bridgehead atoms. The highest BCUT2D eigenvalue weighted by atomic mass is 79.9. The van der Waals surface area contributed by atoms with Crippen LogP contribution >= 0.6 is 15.9 Å². The van der Waals surface area contributed by atoms with Gasteiger partial charge in [-0.1, -0.05) is 0 Å². The van der Waals surface area contributed by atoms with Crippen molar-refractivity contribution in [3.63, 3.8) is 0 Å². The quantitative estimate of drug-likeness (QED) is 0.919. The maximum Gasteiger partial charge on any atom is 0.137 e. The molecular formula is C13H13BrFN3. The molecule has 0 atom stereocenters. The minimum atomic E-state index is -0.282. The third-order valence-corrected chi connectivity index (χ3v) is 3.84. The highest BCUT2D eigenvalue weighted by molar-refractivity contribution is 9.10. The zero-order chi connectivity index (χ0) is 12.9. The lowest BCUT2D eigenvalue weighted by molar-refractivity contribution is 0.621. The largest absolute Gasteiger partial charge is 0.383 e. The van der Waals surface area contributed by atoms with E-state index in [0.29, 0.717) is 16.3 Å². The van der Waals surface area contributed by atoms with E-state index < -0.39 is 0 Å². The molecule has 1 heterocycles. The van der Waals surface area contributed by atoms with Gasteiger partial charge in [0.05, 0.1) is 4.47 Å². The van der Waals surface area contributed by atoms with Crippen LogP contribution in [0.15, 0.2) is 22.7 Å². The molecule has 1 fully saturated rings. The lowest BCUT2D eigenvalue weighted by Crippen LogP contribution is -2.02. The number of anilines is 1. The molecule has 1 aliphatic rings. The highest BCUT2D eigenvalue weighted by Gasteiger charge is 2.28. The Kier molecular flexibility index (Phi) is 2.66. The molecule has 0 saturated heterocycles. The molecule has 0 spiro atoms. The number of imidazole rings is 1. The predicted molar refractivity (Wildman–Crippen MR) is 72.7 cm³/mol. The van der Waals surface area contributed by atoms with Gasteiger partial charge < -0.3 is 10.3 Å². The molecule has 2 N–H and O–H groups in total. The second kappa shape index (κ2) is 4.09. The Morgan fingerprint density at radius 3 is 2.78 bits per heavy atom. The van der Waals surface area contributed by atoms with Crippen LogP contribution in [0.4, 0.5) is 10.2 Å². The Hall–Kier alpha value is -1.36. The van der Waals surface area contributed by atoms with Gasteiger partial charge >= 0.3 is 0 Å². The van der Waals surface area contributed by atoms with E-state index in [-0.39, 0.29) is 5.82 Å². The van der Waals surface area contributed by atoms with E-state index >= 15 is 0 Å². The first-order valence-corrected chi connectivity index (χ1v) is 6.67. The summed E-state index contributed by atoms with van der Waals surface area (Å²) in [6.07, 6.45) is 2.32. The average molecular weight is 310 g/mol. The van der Waals surface area contributed by atoms with Crippen LogP contribution in [-0.2, 0) is 0 Å². The standard InChI is InChI=1S/C13H13BrFN3/c1-7-17-12(13(16)18(7)9-3-4-9)8-2-5-11(15)10(14)6-8/h2,5-6,9H,3-4,16H2,1H3. The lowest BCUT2D eigenvalue weighted by Gasteiger charge is -2.05. The summed E-state index contributed by atoms with van der Waals surface area (Å²) in [4.78, 5) is 4.51. The van der Waals surface area contributed by atoms with Gasteiger partial charge in [0, 0.05) is 11.6 Å². The zero-order valence-corrected chi connectivity index (χ0v) is 11.5. The van der Waals surface area contributed by atoms with E-state index in [1.165, 1.54) is 6.07 Å². The Labute approximate surface area is 113 Å². The zero-order valence-electron chi connectivity index (χ0n) is 9.95.